The highest BCUT2D eigenvalue weighted by Gasteiger charge is 2.57. The summed E-state index contributed by atoms with van der Waals surface area (Å²) in [6.07, 6.45) is 11.6. The van der Waals surface area contributed by atoms with Crippen LogP contribution in [-0.2, 0) is 15.9 Å². The number of benzene rings is 1. The number of allylic oxidation sites excluding steroid dienone is 3. The molecule has 1 saturated heterocycles. The van der Waals surface area contributed by atoms with Gasteiger partial charge in [-0.15, -0.1) is 6.58 Å². The summed E-state index contributed by atoms with van der Waals surface area (Å²) in [4.78, 5) is 0. The number of rotatable bonds is 3. The van der Waals surface area contributed by atoms with Crippen LogP contribution in [0, 0.1) is 28.6 Å². The average molecular weight is 477 g/mol. The van der Waals surface area contributed by atoms with Crippen molar-refractivity contribution in [2.45, 2.75) is 96.4 Å². The largest absolute Gasteiger partial charge is 0.393 e. The van der Waals surface area contributed by atoms with Gasteiger partial charge < -0.3 is 14.6 Å². The highest BCUT2D eigenvalue weighted by Crippen LogP contribution is 2.64. The van der Waals surface area contributed by atoms with Crippen LogP contribution in [0.5, 0.6) is 0 Å². The molecule has 1 aromatic rings. The van der Waals surface area contributed by atoms with E-state index in [0.29, 0.717) is 23.7 Å². The summed E-state index contributed by atoms with van der Waals surface area (Å²) in [5.41, 5.74) is 6.39. The summed E-state index contributed by atoms with van der Waals surface area (Å²) in [6.45, 7) is 12.4. The van der Waals surface area contributed by atoms with E-state index in [9.17, 15) is 5.11 Å². The first-order chi connectivity index (χ1) is 16.7. The van der Waals surface area contributed by atoms with Crippen molar-refractivity contribution in [1.29, 1.82) is 0 Å². The van der Waals surface area contributed by atoms with Gasteiger partial charge in [0.05, 0.1) is 19.3 Å². The van der Waals surface area contributed by atoms with E-state index in [1.54, 1.807) is 11.1 Å². The van der Waals surface area contributed by atoms with Crippen LogP contribution < -0.4 is 0 Å². The Kier molecular flexibility index (Phi) is 5.86. The van der Waals surface area contributed by atoms with Gasteiger partial charge in [-0.3, -0.25) is 0 Å². The highest BCUT2D eigenvalue weighted by molar-refractivity contribution is 5.41. The minimum Gasteiger partial charge on any atom is -0.393 e. The zero-order valence-electron chi connectivity index (χ0n) is 22.0. The van der Waals surface area contributed by atoms with Crippen molar-refractivity contribution in [3.8, 4) is 0 Å². The van der Waals surface area contributed by atoms with Crippen LogP contribution in [-0.4, -0.2) is 30.2 Å². The van der Waals surface area contributed by atoms with Gasteiger partial charge in [-0.25, -0.2) is 0 Å². The van der Waals surface area contributed by atoms with Crippen molar-refractivity contribution in [3.05, 3.63) is 59.2 Å². The van der Waals surface area contributed by atoms with E-state index in [-0.39, 0.29) is 22.7 Å². The maximum absolute atomic E-state index is 11.1. The molecule has 0 amide bonds. The molecule has 4 aliphatic carbocycles. The molecule has 3 heteroatoms. The Bertz CT molecular complexity index is 994. The zero-order valence-corrected chi connectivity index (χ0v) is 22.0. The van der Waals surface area contributed by atoms with Gasteiger partial charge in [0.1, 0.15) is 0 Å². The number of fused-ring (bicyclic) bond motifs is 4. The third-order valence-electron chi connectivity index (χ3n) is 10.5. The Balaban J connectivity index is 1.36. The molecule has 6 atom stereocenters. The number of aliphatic hydroxyl groups is 1. The molecule has 1 spiro atoms. The second-order valence-corrected chi connectivity index (χ2v) is 13.4. The van der Waals surface area contributed by atoms with E-state index >= 15 is 0 Å². The SMILES string of the molecule is C=CCc1ccc(C2CC3(C)C(O)CCC3C3CCC4CC5(CCC4=C23)OCC(C)(C)CO5)cc1. The Morgan fingerprint density at radius 2 is 1.74 bits per heavy atom. The van der Waals surface area contributed by atoms with Crippen LogP contribution in [0.25, 0.3) is 0 Å². The highest BCUT2D eigenvalue weighted by atomic mass is 16.7. The van der Waals surface area contributed by atoms with Gasteiger partial charge in [-0.2, -0.15) is 0 Å². The van der Waals surface area contributed by atoms with Gasteiger partial charge in [0.2, 0.25) is 0 Å². The van der Waals surface area contributed by atoms with Gasteiger partial charge in [0, 0.05) is 24.2 Å². The van der Waals surface area contributed by atoms with Crippen molar-refractivity contribution in [1.82, 2.24) is 0 Å². The smallest absolute Gasteiger partial charge is 0.169 e. The first-order valence-electron chi connectivity index (χ1n) is 14.1. The Morgan fingerprint density at radius 3 is 2.46 bits per heavy atom. The zero-order chi connectivity index (χ0) is 24.4. The molecule has 0 aromatic heterocycles. The predicted octanol–water partition coefficient (Wildman–Crippen LogP) is 6.96. The lowest BCUT2D eigenvalue weighted by atomic mass is 9.52. The fourth-order valence-corrected chi connectivity index (χ4v) is 8.55. The van der Waals surface area contributed by atoms with Crippen molar-refractivity contribution in [3.63, 3.8) is 0 Å². The van der Waals surface area contributed by atoms with Crippen molar-refractivity contribution in [2.24, 2.45) is 28.6 Å². The Morgan fingerprint density at radius 1 is 1.00 bits per heavy atom. The minimum absolute atomic E-state index is 0.0308. The summed E-state index contributed by atoms with van der Waals surface area (Å²) in [6, 6.07) is 9.31. The molecule has 0 bridgehead atoms. The van der Waals surface area contributed by atoms with Crippen LogP contribution in [0.3, 0.4) is 0 Å². The summed E-state index contributed by atoms with van der Waals surface area (Å²) in [5, 5.41) is 11.1. The Hall–Kier alpha value is -1.42. The van der Waals surface area contributed by atoms with E-state index in [2.05, 4.69) is 51.6 Å². The fraction of sp³-hybridized carbons (Fsp3) is 0.688. The van der Waals surface area contributed by atoms with E-state index in [4.69, 9.17) is 9.47 Å². The maximum atomic E-state index is 11.1. The summed E-state index contributed by atoms with van der Waals surface area (Å²) >= 11 is 0. The molecule has 3 saturated carbocycles. The predicted molar refractivity (Wildman–Crippen MR) is 140 cm³/mol. The first-order valence-corrected chi connectivity index (χ1v) is 14.1. The molecule has 5 aliphatic rings. The maximum Gasteiger partial charge on any atom is 0.169 e. The minimum atomic E-state index is -0.369. The molecular weight excluding hydrogens is 432 g/mol. The Labute approximate surface area is 212 Å². The monoisotopic (exact) mass is 476 g/mol. The lowest BCUT2D eigenvalue weighted by Crippen LogP contribution is -2.52. The summed E-state index contributed by atoms with van der Waals surface area (Å²) in [5.74, 6) is 1.87. The fourth-order valence-electron chi connectivity index (χ4n) is 8.55. The first kappa shape index (κ1) is 23.9. The van der Waals surface area contributed by atoms with Crippen LogP contribution in [0.4, 0.5) is 0 Å². The third kappa shape index (κ3) is 3.97. The molecule has 0 radical (unpaired) electrons. The molecule has 6 rings (SSSR count). The molecule has 4 fully saturated rings. The number of hydrogen-bond acceptors (Lipinski definition) is 3. The van der Waals surface area contributed by atoms with Gasteiger partial charge in [0.25, 0.3) is 0 Å². The van der Waals surface area contributed by atoms with Crippen molar-refractivity contribution < 1.29 is 14.6 Å². The topological polar surface area (TPSA) is 38.7 Å². The number of ether oxygens (including phenoxy) is 2. The molecular formula is C32H44O3. The van der Waals surface area contributed by atoms with Crippen molar-refractivity contribution >= 4 is 0 Å². The molecule has 1 N–H and O–H groups in total. The molecule has 6 unspecified atom stereocenters. The third-order valence-corrected chi connectivity index (χ3v) is 10.5. The van der Waals surface area contributed by atoms with E-state index < -0.39 is 0 Å². The second kappa shape index (κ2) is 8.57. The van der Waals surface area contributed by atoms with E-state index in [1.165, 1.54) is 30.4 Å². The van der Waals surface area contributed by atoms with E-state index in [1.807, 2.05) is 6.08 Å². The standard InChI is InChI=1S/C32H44O3/c1-5-6-21-7-9-22(10-8-21)26-18-31(4)27(13-14-28(31)33)25-12-11-23-17-32(16-15-24(23)29(25)26)34-19-30(2,3)20-35-32/h5,7-10,23,25-28,33H,1,6,11-20H2,2-4H3. The molecule has 1 aromatic carbocycles. The van der Waals surface area contributed by atoms with Crippen LogP contribution >= 0.6 is 0 Å². The average Bonchev–Trinajstić information content (AvgIpc) is 3.15. The number of hydrogen-bond donors (Lipinski definition) is 1. The summed E-state index contributed by atoms with van der Waals surface area (Å²) in [7, 11) is 0. The lowest BCUT2D eigenvalue weighted by molar-refractivity contribution is -0.312. The molecule has 3 nitrogen and oxygen atoms in total. The van der Waals surface area contributed by atoms with Crippen molar-refractivity contribution in [2.75, 3.05) is 13.2 Å². The van der Waals surface area contributed by atoms with Gasteiger partial charge >= 0.3 is 0 Å². The van der Waals surface area contributed by atoms with Gasteiger partial charge in [0.15, 0.2) is 5.79 Å². The molecule has 1 heterocycles. The van der Waals surface area contributed by atoms with Gasteiger partial charge in [-0.05, 0) is 79.2 Å². The summed E-state index contributed by atoms with van der Waals surface area (Å²) < 4.78 is 12.9. The normalized spacial score (nSPS) is 39.6. The molecule has 190 valence electrons. The van der Waals surface area contributed by atoms with Crippen LogP contribution in [0.1, 0.15) is 89.2 Å². The van der Waals surface area contributed by atoms with Crippen LogP contribution in [0.2, 0.25) is 0 Å². The van der Waals surface area contributed by atoms with Gasteiger partial charge in [-0.1, -0.05) is 62.3 Å². The molecule has 1 aliphatic heterocycles. The van der Waals surface area contributed by atoms with Crippen LogP contribution in [0.15, 0.2) is 48.1 Å². The van der Waals surface area contributed by atoms with E-state index in [0.717, 1.165) is 51.7 Å². The second-order valence-electron chi connectivity index (χ2n) is 13.4. The lowest BCUT2D eigenvalue weighted by Gasteiger charge is -2.55. The number of aliphatic hydroxyl groups excluding tert-OH is 1. The quantitative estimate of drug-likeness (QED) is 0.480. The molecule has 35 heavy (non-hydrogen) atoms.